The minimum atomic E-state index is 0.543. The van der Waals surface area contributed by atoms with Crippen LogP contribution in [0.15, 0.2) is 21.1 Å². The molecule has 1 aromatic carbocycles. The van der Waals surface area contributed by atoms with Crippen LogP contribution in [0.4, 0.5) is 0 Å². The lowest BCUT2D eigenvalue weighted by atomic mass is 9.83. The van der Waals surface area contributed by atoms with Crippen LogP contribution in [0.5, 0.6) is 5.75 Å². The molecule has 2 rings (SSSR count). The number of hydrogen-bond acceptors (Lipinski definition) is 2. The second-order valence-corrected chi connectivity index (χ2v) is 7.47. The summed E-state index contributed by atoms with van der Waals surface area (Å²) in [6, 6.07) is 4.26. The molecule has 0 atom stereocenters. The second kappa shape index (κ2) is 7.28. The first kappa shape index (κ1) is 16.3. The van der Waals surface area contributed by atoms with Crippen molar-refractivity contribution in [3.8, 4) is 5.75 Å². The Kier molecular flexibility index (Phi) is 5.94. The highest BCUT2D eigenvalue weighted by Crippen LogP contribution is 2.40. The van der Waals surface area contributed by atoms with Gasteiger partial charge < -0.3 is 10.1 Å². The van der Waals surface area contributed by atoms with Gasteiger partial charge in [0.1, 0.15) is 5.75 Å². The van der Waals surface area contributed by atoms with Crippen LogP contribution in [-0.4, -0.2) is 13.7 Å². The van der Waals surface area contributed by atoms with Gasteiger partial charge in [-0.3, -0.25) is 0 Å². The average molecular weight is 405 g/mol. The Morgan fingerprint density at radius 1 is 1.20 bits per heavy atom. The van der Waals surface area contributed by atoms with Crippen molar-refractivity contribution in [2.24, 2.45) is 5.41 Å². The molecule has 0 aromatic heterocycles. The zero-order valence-corrected chi connectivity index (χ0v) is 15.4. The fraction of sp³-hybridized carbons (Fsp3) is 0.625. The predicted molar refractivity (Wildman–Crippen MR) is 91.3 cm³/mol. The standard InChI is InChI=1S/C16H23Br2NO/c1-3-16(6-4-5-7-16)11-19-10-12-8-13(17)15(20-2)14(18)9-12/h8-9,19H,3-7,10-11H2,1-2H3. The van der Waals surface area contributed by atoms with Gasteiger partial charge in [-0.1, -0.05) is 19.8 Å². The van der Waals surface area contributed by atoms with E-state index in [4.69, 9.17) is 4.74 Å². The van der Waals surface area contributed by atoms with Gasteiger partial charge >= 0.3 is 0 Å². The van der Waals surface area contributed by atoms with Crippen LogP contribution < -0.4 is 10.1 Å². The van der Waals surface area contributed by atoms with Crippen LogP contribution in [0.25, 0.3) is 0 Å². The van der Waals surface area contributed by atoms with Gasteiger partial charge in [-0.25, -0.2) is 0 Å². The average Bonchev–Trinajstić information content (AvgIpc) is 2.88. The highest BCUT2D eigenvalue weighted by atomic mass is 79.9. The quantitative estimate of drug-likeness (QED) is 0.696. The summed E-state index contributed by atoms with van der Waals surface area (Å²) in [5.74, 6) is 0.856. The van der Waals surface area contributed by atoms with E-state index in [0.717, 1.165) is 27.8 Å². The molecule has 2 nitrogen and oxygen atoms in total. The van der Waals surface area contributed by atoms with Gasteiger partial charge in [0.15, 0.2) is 0 Å². The molecule has 0 aliphatic heterocycles. The maximum atomic E-state index is 5.34. The lowest BCUT2D eigenvalue weighted by Crippen LogP contribution is -2.31. The molecule has 1 aliphatic carbocycles. The summed E-state index contributed by atoms with van der Waals surface area (Å²) in [4.78, 5) is 0. The number of ether oxygens (including phenoxy) is 1. The summed E-state index contributed by atoms with van der Waals surface area (Å²) in [6.45, 7) is 4.36. The number of nitrogens with one attached hydrogen (secondary N) is 1. The van der Waals surface area contributed by atoms with E-state index in [0.29, 0.717) is 5.41 Å². The van der Waals surface area contributed by atoms with Crippen LogP contribution in [0, 0.1) is 5.41 Å². The molecule has 1 aliphatic rings. The van der Waals surface area contributed by atoms with Crippen molar-refractivity contribution in [2.75, 3.05) is 13.7 Å². The van der Waals surface area contributed by atoms with Crippen molar-refractivity contribution < 1.29 is 4.74 Å². The Morgan fingerprint density at radius 2 is 1.80 bits per heavy atom. The molecule has 4 heteroatoms. The smallest absolute Gasteiger partial charge is 0.147 e. The molecule has 0 unspecified atom stereocenters. The van der Waals surface area contributed by atoms with E-state index >= 15 is 0 Å². The summed E-state index contributed by atoms with van der Waals surface area (Å²) in [5.41, 5.74) is 1.81. The maximum Gasteiger partial charge on any atom is 0.147 e. The summed E-state index contributed by atoms with van der Waals surface area (Å²) in [7, 11) is 1.69. The van der Waals surface area contributed by atoms with Crippen LogP contribution in [-0.2, 0) is 6.54 Å². The van der Waals surface area contributed by atoms with Crippen LogP contribution in [0.3, 0.4) is 0 Å². The summed E-state index contributed by atoms with van der Waals surface area (Å²) in [5, 5.41) is 3.64. The third-order valence-electron chi connectivity index (χ3n) is 4.51. The molecule has 0 radical (unpaired) electrons. The van der Waals surface area contributed by atoms with Gasteiger partial charge in [-0.2, -0.15) is 0 Å². The molecule has 0 bridgehead atoms. The van der Waals surface area contributed by atoms with Crippen molar-refractivity contribution in [2.45, 2.75) is 45.6 Å². The molecule has 1 fully saturated rings. The normalized spacial score (nSPS) is 17.4. The maximum absolute atomic E-state index is 5.34. The van der Waals surface area contributed by atoms with E-state index in [-0.39, 0.29) is 0 Å². The molecule has 112 valence electrons. The van der Waals surface area contributed by atoms with Gasteiger partial charge in [0.2, 0.25) is 0 Å². The third kappa shape index (κ3) is 3.77. The molecular formula is C16H23Br2NO. The highest BCUT2D eigenvalue weighted by molar-refractivity contribution is 9.11. The van der Waals surface area contributed by atoms with Gasteiger partial charge in [-0.15, -0.1) is 0 Å². The molecule has 1 aromatic rings. The minimum Gasteiger partial charge on any atom is -0.494 e. The second-order valence-electron chi connectivity index (χ2n) is 5.76. The lowest BCUT2D eigenvalue weighted by molar-refractivity contribution is 0.268. The van der Waals surface area contributed by atoms with Crippen molar-refractivity contribution in [3.63, 3.8) is 0 Å². The van der Waals surface area contributed by atoms with E-state index in [2.05, 4.69) is 56.2 Å². The van der Waals surface area contributed by atoms with Crippen molar-refractivity contribution in [1.29, 1.82) is 0 Å². The molecule has 0 amide bonds. The first-order valence-electron chi connectivity index (χ1n) is 7.33. The van der Waals surface area contributed by atoms with E-state index in [1.54, 1.807) is 7.11 Å². The molecule has 20 heavy (non-hydrogen) atoms. The molecule has 1 N–H and O–H groups in total. The van der Waals surface area contributed by atoms with E-state index in [9.17, 15) is 0 Å². The summed E-state index contributed by atoms with van der Waals surface area (Å²) < 4.78 is 7.33. The molecule has 1 saturated carbocycles. The Balaban J connectivity index is 1.94. The SMILES string of the molecule is CCC1(CNCc2cc(Br)c(OC)c(Br)c2)CCCC1. The Morgan fingerprint density at radius 3 is 2.30 bits per heavy atom. The van der Waals surface area contributed by atoms with Gasteiger partial charge in [0, 0.05) is 13.1 Å². The number of halogens is 2. The van der Waals surface area contributed by atoms with Crippen molar-refractivity contribution in [3.05, 3.63) is 26.6 Å². The van der Waals surface area contributed by atoms with E-state index in [1.807, 2.05) is 0 Å². The zero-order chi connectivity index (χ0) is 14.6. The molecule has 0 spiro atoms. The van der Waals surface area contributed by atoms with Crippen LogP contribution >= 0.6 is 31.9 Å². The number of hydrogen-bond donors (Lipinski definition) is 1. The monoisotopic (exact) mass is 403 g/mol. The van der Waals surface area contributed by atoms with Crippen LogP contribution in [0.2, 0.25) is 0 Å². The van der Waals surface area contributed by atoms with E-state index in [1.165, 1.54) is 37.7 Å². The third-order valence-corrected chi connectivity index (χ3v) is 5.68. The fourth-order valence-corrected chi connectivity index (χ4v) is 4.77. The van der Waals surface area contributed by atoms with Crippen LogP contribution in [0.1, 0.15) is 44.6 Å². The molecule has 0 heterocycles. The topological polar surface area (TPSA) is 21.3 Å². The van der Waals surface area contributed by atoms with Gasteiger partial charge in [0.05, 0.1) is 16.1 Å². The van der Waals surface area contributed by atoms with Gasteiger partial charge in [0.25, 0.3) is 0 Å². The van der Waals surface area contributed by atoms with Crippen molar-refractivity contribution in [1.82, 2.24) is 5.32 Å². The lowest BCUT2D eigenvalue weighted by Gasteiger charge is -2.28. The predicted octanol–water partition coefficient (Wildman–Crippen LogP) is 5.28. The van der Waals surface area contributed by atoms with Crippen molar-refractivity contribution >= 4 is 31.9 Å². The molecule has 0 saturated heterocycles. The highest BCUT2D eigenvalue weighted by Gasteiger charge is 2.31. The number of rotatable bonds is 6. The summed E-state index contributed by atoms with van der Waals surface area (Å²) in [6.07, 6.45) is 6.85. The fourth-order valence-electron chi connectivity index (χ4n) is 3.16. The Labute approximate surface area is 138 Å². The van der Waals surface area contributed by atoms with Gasteiger partial charge in [-0.05, 0) is 74.2 Å². The largest absolute Gasteiger partial charge is 0.494 e. The molecular weight excluding hydrogens is 382 g/mol. The number of benzene rings is 1. The Hall–Kier alpha value is -0.0600. The van der Waals surface area contributed by atoms with E-state index < -0.39 is 0 Å². The first-order valence-corrected chi connectivity index (χ1v) is 8.91. The Bertz CT molecular complexity index is 433. The summed E-state index contributed by atoms with van der Waals surface area (Å²) >= 11 is 7.12. The minimum absolute atomic E-state index is 0.543. The number of methoxy groups -OCH3 is 1. The zero-order valence-electron chi connectivity index (χ0n) is 12.3. The first-order chi connectivity index (χ1) is 9.60.